The number of ether oxygens (including phenoxy) is 1. The Morgan fingerprint density at radius 2 is 2.08 bits per heavy atom. The molecule has 0 radical (unpaired) electrons. The molecule has 0 aromatic heterocycles. The highest BCUT2D eigenvalue weighted by atomic mass is 16.5. The highest BCUT2D eigenvalue weighted by Crippen LogP contribution is 2.18. The molecular formula is C11H20O. The summed E-state index contributed by atoms with van der Waals surface area (Å²) in [6.07, 6.45) is 8.68. The predicted molar refractivity (Wildman–Crippen MR) is 52.9 cm³/mol. The fourth-order valence-corrected chi connectivity index (χ4v) is 1.08. The predicted octanol–water partition coefficient (Wildman–Crippen LogP) is 2.85. The van der Waals surface area contributed by atoms with E-state index >= 15 is 0 Å². The average Bonchev–Trinajstić information content (AvgIpc) is 2.03. The van der Waals surface area contributed by atoms with Gasteiger partial charge in [-0.2, -0.15) is 0 Å². The van der Waals surface area contributed by atoms with Crippen molar-refractivity contribution in [2.75, 3.05) is 7.11 Å². The number of methoxy groups -OCH3 is 1. The fraction of sp³-hybridized carbons (Fsp3) is 0.818. The van der Waals surface area contributed by atoms with Gasteiger partial charge in [0.25, 0.3) is 0 Å². The quantitative estimate of drug-likeness (QED) is 0.574. The third-order valence-corrected chi connectivity index (χ3v) is 2.19. The van der Waals surface area contributed by atoms with Gasteiger partial charge in [0.05, 0.1) is 0 Å². The minimum Gasteiger partial charge on any atom is -0.366 e. The van der Waals surface area contributed by atoms with Crippen molar-refractivity contribution in [3.63, 3.8) is 0 Å². The van der Waals surface area contributed by atoms with Crippen LogP contribution in [0.5, 0.6) is 0 Å². The Labute approximate surface area is 76.5 Å². The van der Waals surface area contributed by atoms with E-state index in [2.05, 4.69) is 19.8 Å². The van der Waals surface area contributed by atoms with Gasteiger partial charge in [0.2, 0.25) is 0 Å². The van der Waals surface area contributed by atoms with Gasteiger partial charge in [0.1, 0.15) is 5.60 Å². The molecule has 1 atom stereocenters. The Kier molecular flexibility index (Phi) is 5.01. The summed E-state index contributed by atoms with van der Waals surface area (Å²) >= 11 is 0. The molecule has 0 rings (SSSR count). The van der Waals surface area contributed by atoms with E-state index in [0.717, 1.165) is 18.8 Å². The third-order valence-electron chi connectivity index (χ3n) is 2.19. The molecule has 0 saturated heterocycles. The van der Waals surface area contributed by atoms with Crippen molar-refractivity contribution in [2.24, 2.45) is 5.92 Å². The Balaban J connectivity index is 3.68. The van der Waals surface area contributed by atoms with Crippen LogP contribution < -0.4 is 0 Å². The molecule has 0 bridgehead atoms. The highest BCUT2D eigenvalue weighted by Gasteiger charge is 2.18. The van der Waals surface area contributed by atoms with Gasteiger partial charge < -0.3 is 4.74 Å². The summed E-state index contributed by atoms with van der Waals surface area (Å²) in [6, 6.07) is 0. The van der Waals surface area contributed by atoms with Crippen LogP contribution in [0.2, 0.25) is 0 Å². The van der Waals surface area contributed by atoms with Gasteiger partial charge >= 0.3 is 0 Å². The van der Waals surface area contributed by atoms with Crippen LogP contribution in [0.4, 0.5) is 0 Å². The van der Waals surface area contributed by atoms with Crippen LogP contribution in [0.15, 0.2) is 0 Å². The zero-order chi connectivity index (χ0) is 9.61. The van der Waals surface area contributed by atoms with Crippen LogP contribution >= 0.6 is 0 Å². The number of rotatable bonds is 5. The van der Waals surface area contributed by atoms with Crippen LogP contribution in [0.3, 0.4) is 0 Å². The number of terminal acetylenes is 1. The lowest BCUT2D eigenvalue weighted by Gasteiger charge is -2.21. The molecule has 0 spiro atoms. The molecular weight excluding hydrogens is 148 g/mol. The number of hydrogen-bond donors (Lipinski definition) is 0. The van der Waals surface area contributed by atoms with Gasteiger partial charge in [-0.05, 0) is 25.7 Å². The largest absolute Gasteiger partial charge is 0.366 e. The van der Waals surface area contributed by atoms with E-state index in [1.165, 1.54) is 6.42 Å². The highest BCUT2D eigenvalue weighted by molar-refractivity contribution is 5.05. The smallest absolute Gasteiger partial charge is 0.125 e. The van der Waals surface area contributed by atoms with Crippen molar-refractivity contribution in [3.05, 3.63) is 0 Å². The molecule has 1 nitrogen and oxygen atoms in total. The SMILES string of the molecule is C#CC(C)(CCCC(C)C)OC. The zero-order valence-electron chi connectivity index (χ0n) is 8.68. The summed E-state index contributed by atoms with van der Waals surface area (Å²) in [5.41, 5.74) is -0.352. The molecule has 0 saturated carbocycles. The average molecular weight is 168 g/mol. The van der Waals surface area contributed by atoms with Crippen molar-refractivity contribution in [1.82, 2.24) is 0 Å². The molecule has 0 aliphatic rings. The maximum absolute atomic E-state index is 5.36. The summed E-state index contributed by atoms with van der Waals surface area (Å²) in [7, 11) is 1.68. The van der Waals surface area contributed by atoms with Crippen molar-refractivity contribution in [1.29, 1.82) is 0 Å². The minimum absolute atomic E-state index is 0.352. The summed E-state index contributed by atoms with van der Waals surface area (Å²) in [6.45, 7) is 6.41. The first kappa shape index (κ1) is 11.5. The second kappa shape index (κ2) is 5.22. The minimum atomic E-state index is -0.352. The van der Waals surface area contributed by atoms with Crippen molar-refractivity contribution < 1.29 is 4.74 Å². The van der Waals surface area contributed by atoms with Crippen LogP contribution in [0, 0.1) is 18.3 Å². The molecule has 0 aliphatic carbocycles. The summed E-state index contributed by atoms with van der Waals surface area (Å²) in [5.74, 6) is 3.43. The first-order valence-electron chi connectivity index (χ1n) is 4.57. The lowest BCUT2D eigenvalue weighted by atomic mass is 9.96. The summed E-state index contributed by atoms with van der Waals surface area (Å²) in [4.78, 5) is 0. The topological polar surface area (TPSA) is 9.23 Å². The first-order chi connectivity index (χ1) is 5.54. The lowest BCUT2D eigenvalue weighted by Crippen LogP contribution is -2.24. The normalized spacial score (nSPS) is 15.7. The third kappa shape index (κ3) is 4.41. The van der Waals surface area contributed by atoms with Crippen LogP contribution in [0.25, 0.3) is 0 Å². The molecule has 0 amide bonds. The Bertz CT molecular complexity index is 155. The maximum Gasteiger partial charge on any atom is 0.125 e. The summed E-state index contributed by atoms with van der Waals surface area (Å²) in [5, 5.41) is 0. The first-order valence-corrected chi connectivity index (χ1v) is 4.57. The van der Waals surface area contributed by atoms with Gasteiger partial charge in [-0.25, -0.2) is 0 Å². The molecule has 1 unspecified atom stereocenters. The van der Waals surface area contributed by atoms with Gasteiger partial charge in [-0.1, -0.05) is 26.2 Å². The monoisotopic (exact) mass is 168 g/mol. The van der Waals surface area contributed by atoms with Gasteiger partial charge in [0, 0.05) is 7.11 Å². The number of hydrogen-bond acceptors (Lipinski definition) is 1. The van der Waals surface area contributed by atoms with Crippen molar-refractivity contribution >= 4 is 0 Å². The molecule has 0 aromatic rings. The Morgan fingerprint density at radius 3 is 2.42 bits per heavy atom. The van der Waals surface area contributed by atoms with E-state index < -0.39 is 0 Å². The second-order valence-corrected chi connectivity index (χ2v) is 3.87. The Hall–Kier alpha value is -0.480. The van der Waals surface area contributed by atoms with Gasteiger partial charge in [0.15, 0.2) is 0 Å². The Morgan fingerprint density at radius 1 is 1.50 bits per heavy atom. The molecule has 1 heteroatoms. The van der Waals surface area contributed by atoms with Crippen LogP contribution in [0.1, 0.15) is 40.0 Å². The van der Waals surface area contributed by atoms with E-state index in [4.69, 9.17) is 11.2 Å². The molecule has 0 fully saturated rings. The van der Waals surface area contributed by atoms with E-state index in [-0.39, 0.29) is 5.60 Å². The fourth-order valence-electron chi connectivity index (χ4n) is 1.08. The van der Waals surface area contributed by atoms with Gasteiger partial charge in [-0.15, -0.1) is 6.42 Å². The van der Waals surface area contributed by atoms with Crippen LogP contribution in [-0.2, 0) is 4.74 Å². The van der Waals surface area contributed by atoms with Crippen LogP contribution in [-0.4, -0.2) is 12.7 Å². The summed E-state index contributed by atoms with van der Waals surface area (Å²) < 4.78 is 5.23. The van der Waals surface area contributed by atoms with Gasteiger partial charge in [-0.3, -0.25) is 0 Å². The lowest BCUT2D eigenvalue weighted by molar-refractivity contribution is 0.0472. The molecule has 70 valence electrons. The van der Waals surface area contributed by atoms with E-state index in [0.29, 0.717) is 0 Å². The van der Waals surface area contributed by atoms with Crippen molar-refractivity contribution in [2.45, 2.75) is 45.6 Å². The zero-order valence-corrected chi connectivity index (χ0v) is 8.68. The molecule has 0 heterocycles. The van der Waals surface area contributed by atoms with E-state index in [9.17, 15) is 0 Å². The van der Waals surface area contributed by atoms with Crippen molar-refractivity contribution in [3.8, 4) is 12.3 Å². The second-order valence-electron chi connectivity index (χ2n) is 3.87. The molecule has 0 N–H and O–H groups in total. The molecule has 0 aliphatic heterocycles. The standard InChI is InChI=1S/C11H20O/c1-6-11(4,12-5)9-7-8-10(2)3/h1,10H,7-9H2,2-5H3. The van der Waals surface area contributed by atoms with E-state index in [1.54, 1.807) is 7.11 Å². The molecule has 0 aromatic carbocycles. The molecule has 12 heavy (non-hydrogen) atoms. The maximum atomic E-state index is 5.36. The van der Waals surface area contributed by atoms with E-state index in [1.807, 2.05) is 6.92 Å².